The molecule has 144 valence electrons. The SMILES string of the molecule is CCOCC1CCN(CC2CC2)C2(C1)CN(C(=O)c1cc(C)oc1C)C2. The Bertz CT molecular complexity index is 658. The first kappa shape index (κ1) is 18.1. The number of rotatable bonds is 6. The van der Waals surface area contributed by atoms with E-state index in [4.69, 9.17) is 9.15 Å². The second-order valence-corrected chi connectivity index (χ2v) is 8.62. The highest BCUT2D eigenvalue weighted by Gasteiger charge is 2.53. The number of hydrogen-bond acceptors (Lipinski definition) is 4. The van der Waals surface area contributed by atoms with Crippen molar-refractivity contribution in [1.29, 1.82) is 0 Å². The van der Waals surface area contributed by atoms with E-state index < -0.39 is 0 Å². The number of aryl methyl sites for hydroxylation is 2. The Morgan fingerprint density at radius 1 is 1.27 bits per heavy atom. The minimum absolute atomic E-state index is 0.128. The fourth-order valence-electron chi connectivity index (χ4n) is 4.82. The predicted molar refractivity (Wildman–Crippen MR) is 100 cm³/mol. The molecule has 0 N–H and O–H groups in total. The standard InChI is InChI=1S/C21H32N2O3/c1-4-25-12-18-7-8-23(11-17-5-6-17)21(10-18)13-22(14-21)20(24)19-9-15(2)26-16(19)3/h9,17-18H,4-8,10-14H2,1-3H3. The Hall–Kier alpha value is -1.33. The van der Waals surface area contributed by atoms with E-state index in [1.54, 1.807) is 0 Å². The van der Waals surface area contributed by atoms with Gasteiger partial charge in [-0.1, -0.05) is 0 Å². The third-order valence-electron chi connectivity index (χ3n) is 6.41. The van der Waals surface area contributed by atoms with Crippen LogP contribution in [0.4, 0.5) is 0 Å². The van der Waals surface area contributed by atoms with Gasteiger partial charge in [-0.2, -0.15) is 0 Å². The van der Waals surface area contributed by atoms with Crippen molar-refractivity contribution in [3.05, 3.63) is 23.2 Å². The summed E-state index contributed by atoms with van der Waals surface area (Å²) in [7, 11) is 0. The molecule has 4 rings (SSSR count). The molecule has 1 amide bonds. The average molecular weight is 360 g/mol. The van der Waals surface area contributed by atoms with Crippen LogP contribution in [0, 0.1) is 25.7 Å². The number of carbonyl (C=O) groups is 1. The van der Waals surface area contributed by atoms with Gasteiger partial charge in [0.2, 0.25) is 0 Å². The quantitative estimate of drug-likeness (QED) is 0.781. The minimum Gasteiger partial charge on any atom is -0.466 e. The molecule has 0 radical (unpaired) electrons. The van der Waals surface area contributed by atoms with Crippen LogP contribution in [0.5, 0.6) is 0 Å². The van der Waals surface area contributed by atoms with E-state index in [9.17, 15) is 4.79 Å². The molecule has 1 atom stereocenters. The lowest BCUT2D eigenvalue weighted by molar-refractivity contribution is -0.0887. The number of hydrogen-bond donors (Lipinski definition) is 0. The summed E-state index contributed by atoms with van der Waals surface area (Å²) >= 11 is 0. The maximum atomic E-state index is 12.9. The highest BCUT2D eigenvalue weighted by atomic mass is 16.5. The van der Waals surface area contributed by atoms with Gasteiger partial charge in [0.25, 0.3) is 5.91 Å². The highest BCUT2D eigenvalue weighted by molar-refractivity contribution is 5.96. The van der Waals surface area contributed by atoms with Crippen LogP contribution in [0.15, 0.2) is 10.5 Å². The Morgan fingerprint density at radius 2 is 2.04 bits per heavy atom. The van der Waals surface area contributed by atoms with Gasteiger partial charge in [-0.3, -0.25) is 9.69 Å². The summed E-state index contributed by atoms with van der Waals surface area (Å²) in [6.45, 7) is 11.6. The molecule has 5 heteroatoms. The van der Waals surface area contributed by atoms with E-state index in [1.165, 1.54) is 25.8 Å². The molecular formula is C21H32N2O3. The molecule has 1 aromatic rings. The predicted octanol–water partition coefficient (Wildman–Crippen LogP) is 3.25. The van der Waals surface area contributed by atoms with E-state index in [-0.39, 0.29) is 11.4 Å². The summed E-state index contributed by atoms with van der Waals surface area (Å²) in [6, 6.07) is 1.88. The van der Waals surface area contributed by atoms with Gasteiger partial charge in [0, 0.05) is 32.8 Å². The lowest BCUT2D eigenvalue weighted by Crippen LogP contribution is -2.73. The number of likely N-dealkylation sites (tertiary alicyclic amines) is 2. The van der Waals surface area contributed by atoms with E-state index >= 15 is 0 Å². The summed E-state index contributed by atoms with van der Waals surface area (Å²) in [5, 5.41) is 0. The summed E-state index contributed by atoms with van der Waals surface area (Å²) in [5.74, 6) is 3.19. The molecule has 1 unspecified atom stereocenters. The van der Waals surface area contributed by atoms with Crippen molar-refractivity contribution < 1.29 is 13.9 Å². The van der Waals surface area contributed by atoms with Crippen LogP contribution in [-0.2, 0) is 4.74 Å². The maximum absolute atomic E-state index is 12.9. The highest BCUT2D eigenvalue weighted by Crippen LogP contribution is 2.42. The van der Waals surface area contributed by atoms with Gasteiger partial charge in [0.05, 0.1) is 11.1 Å². The number of ether oxygens (including phenoxy) is 1. The third-order valence-corrected chi connectivity index (χ3v) is 6.41. The average Bonchev–Trinajstić information content (AvgIpc) is 3.33. The van der Waals surface area contributed by atoms with E-state index in [1.807, 2.05) is 24.8 Å². The first-order valence-electron chi connectivity index (χ1n) is 10.2. The summed E-state index contributed by atoms with van der Waals surface area (Å²) in [6.07, 6.45) is 5.14. The smallest absolute Gasteiger partial charge is 0.257 e. The van der Waals surface area contributed by atoms with Crippen molar-refractivity contribution in [1.82, 2.24) is 9.80 Å². The third kappa shape index (κ3) is 3.44. The van der Waals surface area contributed by atoms with Gasteiger partial charge in [0.1, 0.15) is 11.5 Å². The molecule has 1 aromatic heterocycles. The molecule has 5 nitrogen and oxygen atoms in total. The molecule has 2 aliphatic heterocycles. The van der Waals surface area contributed by atoms with Crippen molar-refractivity contribution in [2.75, 3.05) is 39.4 Å². The van der Waals surface area contributed by atoms with Crippen molar-refractivity contribution in [2.45, 2.75) is 52.0 Å². The second kappa shape index (κ2) is 7.01. The van der Waals surface area contributed by atoms with Crippen LogP contribution in [0.2, 0.25) is 0 Å². The maximum Gasteiger partial charge on any atom is 0.257 e. The zero-order chi connectivity index (χ0) is 18.3. The van der Waals surface area contributed by atoms with Crippen LogP contribution in [0.25, 0.3) is 0 Å². The van der Waals surface area contributed by atoms with Gasteiger partial charge >= 0.3 is 0 Å². The van der Waals surface area contributed by atoms with Crippen molar-refractivity contribution in [3.63, 3.8) is 0 Å². The molecule has 1 aliphatic carbocycles. The van der Waals surface area contributed by atoms with Gasteiger partial charge in [-0.25, -0.2) is 0 Å². The first-order chi connectivity index (χ1) is 12.5. The zero-order valence-electron chi connectivity index (χ0n) is 16.4. The van der Waals surface area contributed by atoms with Gasteiger partial charge in [-0.05, 0) is 70.9 Å². The molecule has 0 aromatic carbocycles. The van der Waals surface area contributed by atoms with Gasteiger partial charge in [-0.15, -0.1) is 0 Å². The van der Waals surface area contributed by atoms with E-state index in [0.29, 0.717) is 5.92 Å². The van der Waals surface area contributed by atoms with Gasteiger partial charge in [0.15, 0.2) is 0 Å². The fraction of sp³-hybridized carbons (Fsp3) is 0.762. The Labute approximate surface area is 156 Å². The van der Waals surface area contributed by atoms with E-state index in [0.717, 1.165) is 62.3 Å². The molecule has 0 bridgehead atoms. The lowest BCUT2D eigenvalue weighted by Gasteiger charge is -2.59. The molecule has 26 heavy (non-hydrogen) atoms. The molecule has 1 spiro atoms. The van der Waals surface area contributed by atoms with Gasteiger partial charge < -0.3 is 14.1 Å². The Kier molecular flexibility index (Phi) is 4.86. The second-order valence-electron chi connectivity index (χ2n) is 8.62. The zero-order valence-corrected chi connectivity index (χ0v) is 16.4. The number of nitrogens with zero attached hydrogens (tertiary/aromatic N) is 2. The van der Waals surface area contributed by atoms with Crippen LogP contribution < -0.4 is 0 Å². The van der Waals surface area contributed by atoms with Crippen LogP contribution in [-0.4, -0.2) is 60.6 Å². The minimum atomic E-state index is 0.128. The summed E-state index contributed by atoms with van der Waals surface area (Å²) in [4.78, 5) is 17.6. The van der Waals surface area contributed by atoms with Crippen LogP contribution in [0.1, 0.15) is 54.5 Å². The van der Waals surface area contributed by atoms with Crippen LogP contribution in [0.3, 0.4) is 0 Å². The van der Waals surface area contributed by atoms with Crippen molar-refractivity contribution in [2.24, 2.45) is 11.8 Å². The molecule has 3 fully saturated rings. The largest absolute Gasteiger partial charge is 0.466 e. The number of piperidine rings is 1. The molecular weight excluding hydrogens is 328 g/mol. The number of furan rings is 1. The lowest BCUT2D eigenvalue weighted by atomic mass is 9.74. The fourth-order valence-corrected chi connectivity index (χ4v) is 4.82. The Balaban J connectivity index is 1.44. The molecule has 1 saturated carbocycles. The molecule has 2 saturated heterocycles. The Morgan fingerprint density at radius 3 is 2.65 bits per heavy atom. The summed E-state index contributed by atoms with van der Waals surface area (Å²) < 4.78 is 11.3. The van der Waals surface area contributed by atoms with Crippen LogP contribution >= 0.6 is 0 Å². The van der Waals surface area contributed by atoms with Crippen molar-refractivity contribution in [3.8, 4) is 0 Å². The van der Waals surface area contributed by atoms with Crippen molar-refractivity contribution >= 4 is 5.91 Å². The number of amides is 1. The van der Waals surface area contributed by atoms with E-state index in [2.05, 4.69) is 11.8 Å². The monoisotopic (exact) mass is 360 g/mol. The molecule has 3 heterocycles. The molecule has 3 aliphatic rings. The number of carbonyl (C=O) groups excluding carboxylic acids is 1. The first-order valence-corrected chi connectivity index (χ1v) is 10.2. The summed E-state index contributed by atoms with van der Waals surface area (Å²) in [5.41, 5.74) is 0.901. The topological polar surface area (TPSA) is 45.9 Å². The normalized spacial score (nSPS) is 25.5.